The van der Waals surface area contributed by atoms with Crippen molar-refractivity contribution in [1.82, 2.24) is 9.55 Å². The molecule has 18 heavy (non-hydrogen) atoms. The van der Waals surface area contributed by atoms with Crippen molar-refractivity contribution in [1.29, 1.82) is 0 Å². The van der Waals surface area contributed by atoms with E-state index in [4.69, 9.17) is 16.7 Å². The van der Waals surface area contributed by atoms with E-state index in [2.05, 4.69) is 11.9 Å². The molecule has 1 aromatic carbocycles. The smallest absolute Gasteiger partial charge is 0.313 e. The van der Waals surface area contributed by atoms with Crippen LogP contribution in [0, 0.1) is 0 Å². The molecule has 0 amide bonds. The summed E-state index contributed by atoms with van der Waals surface area (Å²) < 4.78 is 2.02. The summed E-state index contributed by atoms with van der Waals surface area (Å²) in [6, 6.07) is 5.62. The maximum absolute atomic E-state index is 10.6. The molecule has 1 N–H and O–H groups in total. The van der Waals surface area contributed by atoms with Gasteiger partial charge in [-0.2, -0.15) is 0 Å². The SMILES string of the molecule is CCCn1c(SCC(=O)O)nc2c(Cl)cccc21. The maximum atomic E-state index is 10.6. The molecule has 0 unspecified atom stereocenters. The normalized spacial score (nSPS) is 11.0. The van der Waals surface area contributed by atoms with Crippen LogP contribution in [0.25, 0.3) is 11.0 Å². The number of carboxylic acid groups (broad SMARTS) is 1. The second-order valence-corrected chi connectivity index (χ2v) is 5.19. The Bertz CT molecular complexity index is 583. The van der Waals surface area contributed by atoms with Gasteiger partial charge in [-0.15, -0.1) is 0 Å². The maximum Gasteiger partial charge on any atom is 0.313 e. The molecule has 0 aliphatic carbocycles. The Morgan fingerprint density at radius 3 is 3.00 bits per heavy atom. The number of aromatic nitrogens is 2. The first kappa shape index (κ1) is 13.2. The Balaban J connectivity index is 2.46. The summed E-state index contributed by atoms with van der Waals surface area (Å²) in [4.78, 5) is 15.1. The van der Waals surface area contributed by atoms with Crippen LogP contribution in [0.1, 0.15) is 13.3 Å². The molecule has 0 aliphatic rings. The number of carbonyl (C=O) groups is 1. The quantitative estimate of drug-likeness (QED) is 0.856. The van der Waals surface area contributed by atoms with Crippen LogP contribution >= 0.6 is 23.4 Å². The average Bonchev–Trinajstić information content (AvgIpc) is 2.67. The largest absolute Gasteiger partial charge is 0.481 e. The first-order chi connectivity index (χ1) is 8.63. The van der Waals surface area contributed by atoms with Crippen molar-refractivity contribution in [3.8, 4) is 0 Å². The number of carboxylic acids is 1. The van der Waals surface area contributed by atoms with Gasteiger partial charge in [-0.25, -0.2) is 4.98 Å². The fourth-order valence-corrected chi connectivity index (χ4v) is 2.73. The number of rotatable bonds is 5. The molecule has 0 fully saturated rings. The Kier molecular flexibility index (Phi) is 4.14. The summed E-state index contributed by atoms with van der Waals surface area (Å²) >= 11 is 7.33. The molecule has 0 atom stereocenters. The van der Waals surface area contributed by atoms with Gasteiger partial charge in [0, 0.05) is 6.54 Å². The molecule has 0 radical (unpaired) electrons. The van der Waals surface area contributed by atoms with E-state index in [1.807, 2.05) is 16.7 Å². The Hall–Kier alpha value is -1.20. The van der Waals surface area contributed by atoms with E-state index < -0.39 is 5.97 Å². The molecular weight excluding hydrogens is 272 g/mol. The van der Waals surface area contributed by atoms with Gasteiger partial charge in [0.05, 0.1) is 16.3 Å². The molecule has 0 bridgehead atoms. The average molecular weight is 285 g/mol. The van der Waals surface area contributed by atoms with Crippen molar-refractivity contribution in [3.05, 3.63) is 23.2 Å². The molecule has 2 aromatic rings. The first-order valence-corrected chi connectivity index (χ1v) is 6.99. The van der Waals surface area contributed by atoms with Crippen LogP contribution in [0.2, 0.25) is 5.02 Å². The minimum absolute atomic E-state index is 0.00462. The van der Waals surface area contributed by atoms with Crippen LogP contribution in [0.15, 0.2) is 23.4 Å². The minimum atomic E-state index is -0.846. The molecule has 0 spiro atoms. The fourth-order valence-electron chi connectivity index (χ4n) is 1.77. The van der Waals surface area contributed by atoms with E-state index in [0.717, 1.165) is 24.0 Å². The summed E-state index contributed by atoms with van der Waals surface area (Å²) in [5, 5.41) is 10.0. The van der Waals surface area contributed by atoms with Gasteiger partial charge in [-0.3, -0.25) is 4.79 Å². The van der Waals surface area contributed by atoms with Gasteiger partial charge in [-0.1, -0.05) is 36.4 Å². The van der Waals surface area contributed by atoms with Gasteiger partial charge < -0.3 is 9.67 Å². The molecule has 6 heteroatoms. The zero-order valence-corrected chi connectivity index (χ0v) is 11.5. The van der Waals surface area contributed by atoms with Crippen molar-refractivity contribution in [2.45, 2.75) is 25.0 Å². The molecular formula is C12H13ClN2O2S. The lowest BCUT2D eigenvalue weighted by atomic mass is 10.3. The molecule has 0 aliphatic heterocycles. The topological polar surface area (TPSA) is 55.1 Å². The zero-order chi connectivity index (χ0) is 13.1. The summed E-state index contributed by atoms with van der Waals surface area (Å²) in [6.45, 7) is 2.88. The minimum Gasteiger partial charge on any atom is -0.481 e. The number of halogens is 1. The number of para-hydroxylation sites is 1. The van der Waals surface area contributed by atoms with Gasteiger partial charge in [0.15, 0.2) is 5.16 Å². The number of aliphatic carboxylic acids is 1. The molecule has 1 aromatic heterocycles. The second kappa shape index (κ2) is 5.63. The van der Waals surface area contributed by atoms with Gasteiger partial charge in [-0.05, 0) is 18.6 Å². The summed E-state index contributed by atoms with van der Waals surface area (Å²) in [5.41, 5.74) is 1.69. The molecule has 0 saturated carbocycles. The fraction of sp³-hybridized carbons (Fsp3) is 0.333. The predicted molar refractivity (Wildman–Crippen MR) is 73.4 cm³/mol. The highest BCUT2D eigenvalue weighted by molar-refractivity contribution is 7.99. The van der Waals surface area contributed by atoms with Crippen LogP contribution in [0.5, 0.6) is 0 Å². The van der Waals surface area contributed by atoms with Crippen LogP contribution < -0.4 is 0 Å². The van der Waals surface area contributed by atoms with Crippen LogP contribution in [0.4, 0.5) is 0 Å². The van der Waals surface area contributed by atoms with Crippen LogP contribution in [0.3, 0.4) is 0 Å². The van der Waals surface area contributed by atoms with Crippen molar-refractivity contribution in [2.24, 2.45) is 0 Å². The summed E-state index contributed by atoms with van der Waals surface area (Å²) in [7, 11) is 0. The monoisotopic (exact) mass is 284 g/mol. The number of hydrogen-bond donors (Lipinski definition) is 1. The highest BCUT2D eigenvalue weighted by Crippen LogP contribution is 2.28. The summed E-state index contributed by atoms with van der Waals surface area (Å²) in [5.74, 6) is -0.841. The van der Waals surface area contributed by atoms with Crippen LogP contribution in [-0.4, -0.2) is 26.4 Å². The lowest BCUT2D eigenvalue weighted by Crippen LogP contribution is -2.02. The van der Waals surface area contributed by atoms with Crippen molar-refractivity contribution < 1.29 is 9.90 Å². The Labute approximate surface area is 114 Å². The van der Waals surface area contributed by atoms with E-state index in [1.165, 1.54) is 11.8 Å². The molecule has 1 heterocycles. The lowest BCUT2D eigenvalue weighted by Gasteiger charge is -2.05. The molecule has 0 saturated heterocycles. The Morgan fingerprint density at radius 1 is 1.56 bits per heavy atom. The Morgan fingerprint density at radius 2 is 2.33 bits per heavy atom. The number of hydrogen-bond acceptors (Lipinski definition) is 3. The lowest BCUT2D eigenvalue weighted by molar-refractivity contribution is -0.133. The van der Waals surface area contributed by atoms with E-state index in [9.17, 15) is 4.79 Å². The van der Waals surface area contributed by atoms with Crippen LogP contribution in [-0.2, 0) is 11.3 Å². The number of thioether (sulfide) groups is 1. The predicted octanol–water partition coefficient (Wildman–Crippen LogP) is 3.28. The van der Waals surface area contributed by atoms with E-state index >= 15 is 0 Å². The number of imidazole rings is 1. The van der Waals surface area contributed by atoms with Crippen molar-refractivity contribution in [2.75, 3.05) is 5.75 Å². The highest BCUT2D eigenvalue weighted by Gasteiger charge is 2.13. The molecule has 2 rings (SSSR count). The van der Waals surface area contributed by atoms with Crippen molar-refractivity contribution in [3.63, 3.8) is 0 Å². The molecule has 96 valence electrons. The third-order valence-corrected chi connectivity index (χ3v) is 3.73. The van der Waals surface area contributed by atoms with E-state index in [0.29, 0.717) is 10.2 Å². The van der Waals surface area contributed by atoms with Gasteiger partial charge in [0.2, 0.25) is 0 Å². The standard InChI is InChI=1S/C12H13ClN2O2S/c1-2-6-15-9-5-3-4-8(13)11(9)14-12(15)18-7-10(16)17/h3-5H,2,6-7H2,1H3,(H,16,17). The number of nitrogens with zero attached hydrogens (tertiary/aromatic N) is 2. The van der Waals surface area contributed by atoms with E-state index in [1.54, 1.807) is 6.07 Å². The van der Waals surface area contributed by atoms with Crippen molar-refractivity contribution >= 4 is 40.4 Å². The van der Waals surface area contributed by atoms with Gasteiger partial charge in [0.25, 0.3) is 0 Å². The second-order valence-electron chi connectivity index (χ2n) is 3.84. The molecule has 4 nitrogen and oxygen atoms in total. The number of fused-ring (bicyclic) bond motifs is 1. The number of aryl methyl sites for hydroxylation is 1. The third kappa shape index (κ3) is 2.62. The number of benzene rings is 1. The van der Waals surface area contributed by atoms with E-state index in [-0.39, 0.29) is 5.75 Å². The third-order valence-electron chi connectivity index (χ3n) is 2.47. The summed E-state index contributed by atoms with van der Waals surface area (Å²) in [6.07, 6.45) is 0.957. The first-order valence-electron chi connectivity index (χ1n) is 5.62. The highest BCUT2D eigenvalue weighted by atomic mass is 35.5. The van der Waals surface area contributed by atoms with Gasteiger partial charge in [0.1, 0.15) is 5.52 Å². The van der Waals surface area contributed by atoms with Gasteiger partial charge >= 0.3 is 5.97 Å². The zero-order valence-electron chi connectivity index (χ0n) is 9.89.